The number of halogens is 2. The molecule has 0 radical (unpaired) electrons. The molecule has 108 valence electrons. The monoisotopic (exact) mass is 381 g/mol. The Morgan fingerprint density at radius 3 is 2.71 bits per heavy atom. The SMILES string of the molecule is NC(=NN=Cc1ccc(Br)cc1Cl)SCc1ccccc1. The molecule has 0 saturated carbocycles. The third-order valence-corrected chi connectivity index (χ3v) is 4.22. The molecular formula is C15H13BrClN3S. The van der Waals surface area contributed by atoms with E-state index in [0.717, 1.165) is 15.8 Å². The smallest absolute Gasteiger partial charge is 0.180 e. The van der Waals surface area contributed by atoms with E-state index in [1.807, 2.05) is 42.5 Å². The number of nitrogens with zero attached hydrogens (tertiary/aromatic N) is 2. The van der Waals surface area contributed by atoms with Crippen molar-refractivity contribution in [3.63, 3.8) is 0 Å². The van der Waals surface area contributed by atoms with Crippen LogP contribution in [0.4, 0.5) is 0 Å². The lowest BCUT2D eigenvalue weighted by atomic mass is 10.2. The van der Waals surface area contributed by atoms with Crippen molar-refractivity contribution in [1.29, 1.82) is 0 Å². The van der Waals surface area contributed by atoms with Crippen LogP contribution >= 0.6 is 39.3 Å². The first kappa shape index (κ1) is 16.1. The van der Waals surface area contributed by atoms with E-state index in [1.165, 1.54) is 17.3 Å². The van der Waals surface area contributed by atoms with Crippen molar-refractivity contribution in [3.05, 3.63) is 69.2 Å². The number of hydrogen-bond donors (Lipinski definition) is 1. The minimum Gasteiger partial charge on any atom is -0.377 e. The van der Waals surface area contributed by atoms with E-state index in [4.69, 9.17) is 17.3 Å². The summed E-state index contributed by atoms with van der Waals surface area (Å²) in [5.41, 5.74) is 7.80. The van der Waals surface area contributed by atoms with Crippen molar-refractivity contribution < 1.29 is 0 Å². The summed E-state index contributed by atoms with van der Waals surface area (Å²) in [6.45, 7) is 0. The Kier molecular flexibility index (Phi) is 6.29. The van der Waals surface area contributed by atoms with E-state index < -0.39 is 0 Å². The molecule has 0 heterocycles. The topological polar surface area (TPSA) is 50.7 Å². The van der Waals surface area contributed by atoms with Gasteiger partial charge in [0.15, 0.2) is 5.17 Å². The predicted octanol–water partition coefficient (Wildman–Crippen LogP) is 4.68. The van der Waals surface area contributed by atoms with E-state index in [0.29, 0.717) is 10.2 Å². The fourth-order valence-electron chi connectivity index (χ4n) is 1.51. The normalized spacial score (nSPS) is 12.0. The highest BCUT2D eigenvalue weighted by Crippen LogP contribution is 2.20. The van der Waals surface area contributed by atoms with E-state index in [2.05, 4.69) is 26.1 Å². The van der Waals surface area contributed by atoms with Crippen LogP contribution in [-0.4, -0.2) is 11.4 Å². The Hall–Kier alpha value is -1.30. The van der Waals surface area contributed by atoms with E-state index in [1.54, 1.807) is 12.3 Å². The molecule has 0 aromatic heterocycles. The summed E-state index contributed by atoms with van der Waals surface area (Å²) in [7, 11) is 0. The van der Waals surface area contributed by atoms with Gasteiger partial charge in [-0.3, -0.25) is 0 Å². The highest BCUT2D eigenvalue weighted by molar-refractivity contribution is 9.10. The second-order valence-electron chi connectivity index (χ2n) is 4.12. The van der Waals surface area contributed by atoms with Crippen LogP contribution in [0, 0.1) is 0 Å². The molecule has 21 heavy (non-hydrogen) atoms. The molecule has 6 heteroatoms. The van der Waals surface area contributed by atoms with Gasteiger partial charge in [0, 0.05) is 15.8 Å². The highest BCUT2D eigenvalue weighted by atomic mass is 79.9. The van der Waals surface area contributed by atoms with Crippen LogP contribution in [-0.2, 0) is 5.75 Å². The van der Waals surface area contributed by atoms with Crippen LogP contribution in [0.2, 0.25) is 5.02 Å². The maximum atomic E-state index is 6.08. The van der Waals surface area contributed by atoms with Crippen molar-refractivity contribution in [2.24, 2.45) is 15.9 Å². The zero-order valence-corrected chi connectivity index (χ0v) is 14.2. The quantitative estimate of drug-likeness (QED) is 0.474. The van der Waals surface area contributed by atoms with Crippen molar-refractivity contribution in [2.45, 2.75) is 5.75 Å². The maximum absolute atomic E-state index is 6.08. The molecule has 0 aliphatic rings. The molecule has 0 fully saturated rings. The fraction of sp³-hybridized carbons (Fsp3) is 0.0667. The zero-order chi connectivity index (χ0) is 15.1. The first-order chi connectivity index (χ1) is 10.1. The van der Waals surface area contributed by atoms with Gasteiger partial charge in [-0.15, -0.1) is 5.10 Å². The number of benzene rings is 2. The molecular weight excluding hydrogens is 370 g/mol. The Morgan fingerprint density at radius 2 is 2.00 bits per heavy atom. The third-order valence-electron chi connectivity index (χ3n) is 2.55. The highest BCUT2D eigenvalue weighted by Gasteiger charge is 1.98. The van der Waals surface area contributed by atoms with Gasteiger partial charge in [0.05, 0.1) is 11.2 Å². The number of rotatable bonds is 4. The average Bonchev–Trinajstić information content (AvgIpc) is 2.48. The van der Waals surface area contributed by atoms with Crippen LogP contribution in [0.15, 0.2) is 63.2 Å². The standard InChI is InChI=1S/C15H13BrClN3S/c16-13-7-6-12(14(17)8-13)9-19-20-15(18)21-10-11-4-2-1-3-5-11/h1-9H,10H2,(H2,18,20). The molecule has 0 aliphatic heterocycles. The van der Waals surface area contributed by atoms with Gasteiger partial charge in [0.1, 0.15) is 0 Å². The lowest BCUT2D eigenvalue weighted by Gasteiger charge is -1.99. The molecule has 0 aliphatic carbocycles. The zero-order valence-electron chi connectivity index (χ0n) is 11.0. The summed E-state index contributed by atoms with van der Waals surface area (Å²) in [5.74, 6) is 0.769. The number of hydrogen-bond acceptors (Lipinski definition) is 3. The van der Waals surface area contributed by atoms with Gasteiger partial charge in [-0.25, -0.2) is 0 Å². The molecule has 0 saturated heterocycles. The maximum Gasteiger partial charge on any atom is 0.180 e. The summed E-state index contributed by atoms with van der Waals surface area (Å²) in [4.78, 5) is 0. The number of nitrogens with two attached hydrogens (primary N) is 1. The largest absolute Gasteiger partial charge is 0.377 e. The van der Waals surface area contributed by atoms with Gasteiger partial charge in [-0.2, -0.15) is 5.10 Å². The van der Waals surface area contributed by atoms with Gasteiger partial charge in [-0.1, -0.05) is 75.7 Å². The van der Waals surface area contributed by atoms with Crippen LogP contribution in [0.3, 0.4) is 0 Å². The number of amidine groups is 1. The van der Waals surface area contributed by atoms with E-state index >= 15 is 0 Å². The second-order valence-corrected chi connectivity index (χ2v) is 6.44. The summed E-state index contributed by atoms with van der Waals surface area (Å²) in [6.07, 6.45) is 1.59. The fourth-order valence-corrected chi connectivity index (χ4v) is 2.85. The summed E-state index contributed by atoms with van der Waals surface area (Å²) in [6, 6.07) is 15.6. The average molecular weight is 383 g/mol. The molecule has 3 nitrogen and oxygen atoms in total. The molecule has 0 atom stereocenters. The van der Waals surface area contributed by atoms with Crippen LogP contribution < -0.4 is 5.73 Å². The number of thioether (sulfide) groups is 1. The lowest BCUT2D eigenvalue weighted by Crippen LogP contribution is -2.06. The van der Waals surface area contributed by atoms with Crippen LogP contribution in [0.5, 0.6) is 0 Å². The third kappa shape index (κ3) is 5.53. The minimum absolute atomic E-state index is 0.420. The first-order valence-corrected chi connectivity index (χ1v) is 8.29. The van der Waals surface area contributed by atoms with Crippen molar-refractivity contribution >= 4 is 50.7 Å². The van der Waals surface area contributed by atoms with Crippen LogP contribution in [0.1, 0.15) is 11.1 Å². The molecule has 2 aromatic carbocycles. The summed E-state index contributed by atoms with van der Waals surface area (Å²) < 4.78 is 0.922. The van der Waals surface area contributed by atoms with Crippen molar-refractivity contribution in [1.82, 2.24) is 0 Å². The van der Waals surface area contributed by atoms with Gasteiger partial charge < -0.3 is 5.73 Å². The van der Waals surface area contributed by atoms with Crippen LogP contribution in [0.25, 0.3) is 0 Å². The Labute approximate surface area is 141 Å². The Morgan fingerprint density at radius 1 is 1.24 bits per heavy atom. The Balaban J connectivity index is 1.92. The van der Waals surface area contributed by atoms with Crippen molar-refractivity contribution in [3.8, 4) is 0 Å². The second kappa shape index (κ2) is 8.22. The first-order valence-electron chi connectivity index (χ1n) is 6.13. The van der Waals surface area contributed by atoms with Crippen molar-refractivity contribution in [2.75, 3.05) is 0 Å². The molecule has 2 rings (SSSR count). The predicted molar refractivity (Wildman–Crippen MR) is 96.1 cm³/mol. The summed E-state index contributed by atoms with van der Waals surface area (Å²) >= 11 is 10.9. The molecule has 0 bridgehead atoms. The van der Waals surface area contributed by atoms with E-state index in [-0.39, 0.29) is 0 Å². The van der Waals surface area contributed by atoms with Gasteiger partial charge in [0.25, 0.3) is 0 Å². The molecule has 0 unspecified atom stereocenters. The molecule has 2 N–H and O–H groups in total. The van der Waals surface area contributed by atoms with Gasteiger partial charge in [0.2, 0.25) is 0 Å². The van der Waals surface area contributed by atoms with E-state index in [9.17, 15) is 0 Å². The molecule has 0 spiro atoms. The Bertz CT molecular complexity index is 659. The molecule has 0 amide bonds. The van der Waals surface area contributed by atoms with Gasteiger partial charge >= 0.3 is 0 Å². The van der Waals surface area contributed by atoms with Gasteiger partial charge in [-0.05, 0) is 17.7 Å². The summed E-state index contributed by atoms with van der Waals surface area (Å²) in [5, 5.41) is 8.95. The lowest BCUT2D eigenvalue weighted by molar-refractivity contribution is 1.25. The molecule has 2 aromatic rings. The minimum atomic E-state index is 0.420.